The highest BCUT2D eigenvalue weighted by molar-refractivity contribution is 6.29. The summed E-state index contributed by atoms with van der Waals surface area (Å²) in [4.78, 5) is 7.75. The van der Waals surface area contributed by atoms with Gasteiger partial charge in [-0.3, -0.25) is 4.68 Å². The Morgan fingerprint density at radius 2 is 1.86 bits per heavy atom. The Balaban J connectivity index is 0.00000117. The molecular weight excluding hydrogens is 402 g/mol. The van der Waals surface area contributed by atoms with Crippen molar-refractivity contribution in [1.82, 2.24) is 24.9 Å². The number of halogens is 3. The molecule has 10 heteroatoms. The molecule has 0 spiro atoms. The average Bonchev–Trinajstić information content (AvgIpc) is 3.39. The summed E-state index contributed by atoms with van der Waals surface area (Å²) in [6, 6.07) is 9.57. The number of nitrogens with zero attached hydrogens (tertiary/aromatic N) is 5. The van der Waals surface area contributed by atoms with Crippen LogP contribution in [0.15, 0.2) is 47.2 Å². The number of benzene rings is 1. The lowest BCUT2D eigenvalue weighted by molar-refractivity contribution is 0.421. The minimum atomic E-state index is -0.900. The quantitative estimate of drug-likeness (QED) is 0.403. The van der Waals surface area contributed by atoms with Crippen molar-refractivity contribution in [2.75, 3.05) is 5.73 Å². The number of hydrogen-bond donors (Lipinski definition) is 1. The average molecular weight is 415 g/mol. The highest BCUT2D eigenvalue weighted by Gasteiger charge is 2.19. The maximum atomic E-state index is 14.1. The van der Waals surface area contributed by atoms with Gasteiger partial charge in [-0.15, -0.1) is 12.8 Å². The standard InChI is InChI=1S/C17H11ClF2N6O.C2H2/c18-15-14(20)16(21)23-17(22-15)12-7-13(11-5-6-27-25-11)26(24-12)8-9-3-1-2-4-10(9)19;1-2/h1-7H,8H2,(H2,21,22,23);1-2H. The van der Waals surface area contributed by atoms with Gasteiger partial charge in [-0.2, -0.15) is 9.49 Å². The lowest BCUT2D eigenvalue weighted by Crippen LogP contribution is -2.06. The van der Waals surface area contributed by atoms with Crippen LogP contribution in [0.3, 0.4) is 0 Å². The highest BCUT2D eigenvalue weighted by atomic mass is 35.5. The van der Waals surface area contributed by atoms with E-state index in [-0.39, 0.29) is 23.9 Å². The van der Waals surface area contributed by atoms with E-state index in [2.05, 4.69) is 33.1 Å². The molecule has 0 saturated carbocycles. The normalized spacial score (nSPS) is 10.4. The molecular formula is C19H13ClF2N6O. The molecule has 0 fully saturated rings. The molecule has 0 amide bonds. The third-order valence-electron chi connectivity index (χ3n) is 3.82. The largest absolute Gasteiger partial charge is 0.381 e. The van der Waals surface area contributed by atoms with Gasteiger partial charge >= 0.3 is 0 Å². The summed E-state index contributed by atoms with van der Waals surface area (Å²) in [5.74, 6) is -1.62. The van der Waals surface area contributed by atoms with Gasteiger partial charge in [-0.1, -0.05) is 35.0 Å². The number of nitrogen functional groups attached to an aromatic ring is 1. The van der Waals surface area contributed by atoms with Gasteiger partial charge in [0.15, 0.2) is 16.8 Å². The second kappa shape index (κ2) is 8.50. The number of rotatable bonds is 4. The van der Waals surface area contributed by atoms with Gasteiger partial charge in [0.05, 0.1) is 12.2 Å². The number of aromatic nitrogens is 5. The molecule has 4 rings (SSSR count). The van der Waals surface area contributed by atoms with E-state index in [9.17, 15) is 8.78 Å². The monoisotopic (exact) mass is 414 g/mol. The molecule has 0 saturated heterocycles. The second-order valence-corrected chi connectivity index (χ2v) is 5.94. The molecule has 0 aliphatic heterocycles. The Morgan fingerprint density at radius 1 is 1.10 bits per heavy atom. The predicted molar refractivity (Wildman–Crippen MR) is 104 cm³/mol. The lowest BCUT2D eigenvalue weighted by atomic mass is 10.2. The molecule has 0 aliphatic rings. The summed E-state index contributed by atoms with van der Waals surface area (Å²) in [7, 11) is 0. The number of nitrogens with two attached hydrogens (primary N) is 1. The van der Waals surface area contributed by atoms with Crippen LogP contribution in [-0.4, -0.2) is 24.9 Å². The van der Waals surface area contributed by atoms with Gasteiger partial charge in [0.1, 0.15) is 23.5 Å². The van der Waals surface area contributed by atoms with Gasteiger partial charge < -0.3 is 10.3 Å². The van der Waals surface area contributed by atoms with Gasteiger partial charge in [-0.25, -0.2) is 14.4 Å². The minimum Gasteiger partial charge on any atom is -0.381 e. The maximum Gasteiger partial charge on any atom is 0.202 e. The van der Waals surface area contributed by atoms with E-state index in [4.69, 9.17) is 21.9 Å². The van der Waals surface area contributed by atoms with Gasteiger partial charge in [0.25, 0.3) is 0 Å². The zero-order chi connectivity index (χ0) is 21.0. The molecule has 146 valence electrons. The Hall–Kier alpha value is -3.77. The maximum absolute atomic E-state index is 14.1. The Bertz CT molecular complexity index is 1130. The van der Waals surface area contributed by atoms with E-state index in [0.29, 0.717) is 17.0 Å². The molecule has 1 aromatic carbocycles. The van der Waals surface area contributed by atoms with Crippen LogP contribution in [-0.2, 0) is 6.54 Å². The molecule has 0 unspecified atom stereocenters. The van der Waals surface area contributed by atoms with Crippen LogP contribution in [0.4, 0.5) is 14.6 Å². The van der Waals surface area contributed by atoms with Gasteiger partial charge in [0, 0.05) is 11.6 Å². The van der Waals surface area contributed by atoms with Crippen LogP contribution in [0.2, 0.25) is 5.15 Å². The van der Waals surface area contributed by atoms with Crippen LogP contribution in [0.25, 0.3) is 22.9 Å². The van der Waals surface area contributed by atoms with Crippen molar-refractivity contribution in [2.45, 2.75) is 6.54 Å². The number of anilines is 1. The van der Waals surface area contributed by atoms with E-state index in [1.54, 1.807) is 30.3 Å². The third kappa shape index (κ3) is 4.07. The Morgan fingerprint density at radius 3 is 2.52 bits per heavy atom. The highest BCUT2D eigenvalue weighted by Crippen LogP contribution is 2.27. The first-order valence-corrected chi connectivity index (χ1v) is 8.45. The van der Waals surface area contributed by atoms with E-state index in [1.807, 2.05) is 0 Å². The summed E-state index contributed by atoms with van der Waals surface area (Å²) in [6.45, 7) is 0.124. The smallest absolute Gasteiger partial charge is 0.202 e. The molecule has 0 atom stereocenters. The van der Waals surface area contributed by atoms with Crippen molar-refractivity contribution in [3.63, 3.8) is 0 Å². The van der Waals surface area contributed by atoms with Gasteiger partial charge in [-0.05, 0) is 12.1 Å². The molecule has 0 aliphatic carbocycles. The topological polar surface area (TPSA) is 95.7 Å². The predicted octanol–water partition coefficient (Wildman–Crippen LogP) is 3.81. The summed E-state index contributed by atoms with van der Waals surface area (Å²) >= 11 is 5.75. The minimum absolute atomic E-state index is 0.0379. The summed E-state index contributed by atoms with van der Waals surface area (Å²) in [6.07, 6.45) is 9.40. The number of terminal acetylenes is 1. The van der Waals surface area contributed by atoms with Crippen molar-refractivity contribution < 1.29 is 13.3 Å². The molecule has 3 aromatic heterocycles. The van der Waals surface area contributed by atoms with Crippen LogP contribution in [0, 0.1) is 24.5 Å². The summed E-state index contributed by atoms with van der Waals surface area (Å²) < 4.78 is 34.0. The first-order valence-electron chi connectivity index (χ1n) is 8.07. The van der Waals surface area contributed by atoms with Crippen molar-refractivity contribution >= 4 is 17.4 Å². The van der Waals surface area contributed by atoms with E-state index in [0.717, 1.165) is 0 Å². The molecule has 0 radical (unpaired) electrons. The van der Waals surface area contributed by atoms with E-state index < -0.39 is 16.8 Å². The van der Waals surface area contributed by atoms with Gasteiger partial charge in [0.2, 0.25) is 5.82 Å². The summed E-state index contributed by atoms with van der Waals surface area (Å²) in [5, 5.41) is 7.86. The Labute approximate surface area is 169 Å². The Kier molecular flexibility index (Phi) is 5.85. The van der Waals surface area contributed by atoms with Crippen LogP contribution >= 0.6 is 11.6 Å². The third-order valence-corrected chi connectivity index (χ3v) is 4.07. The fraction of sp³-hybridized carbons (Fsp3) is 0.0526. The lowest BCUT2D eigenvalue weighted by Gasteiger charge is -2.06. The fourth-order valence-electron chi connectivity index (χ4n) is 2.54. The van der Waals surface area contributed by atoms with Crippen LogP contribution in [0.1, 0.15) is 5.56 Å². The van der Waals surface area contributed by atoms with E-state index in [1.165, 1.54) is 17.0 Å². The zero-order valence-corrected chi connectivity index (χ0v) is 15.5. The van der Waals surface area contributed by atoms with Crippen molar-refractivity contribution in [2.24, 2.45) is 0 Å². The summed E-state index contributed by atoms with van der Waals surface area (Å²) in [5.41, 5.74) is 7.23. The van der Waals surface area contributed by atoms with Crippen LogP contribution in [0.5, 0.6) is 0 Å². The molecule has 29 heavy (non-hydrogen) atoms. The van der Waals surface area contributed by atoms with Crippen molar-refractivity contribution in [1.29, 1.82) is 0 Å². The second-order valence-electron chi connectivity index (χ2n) is 5.59. The molecule has 4 aromatic rings. The molecule has 3 heterocycles. The van der Waals surface area contributed by atoms with E-state index >= 15 is 0 Å². The first-order chi connectivity index (χ1) is 14.0. The SMILES string of the molecule is C#C.Nc1nc(-c2cc(-c3ccon3)n(Cc3ccccc3F)n2)nc(Cl)c1F. The molecule has 0 bridgehead atoms. The molecule has 2 N–H and O–H groups in total. The fourth-order valence-corrected chi connectivity index (χ4v) is 2.71. The zero-order valence-electron chi connectivity index (χ0n) is 14.8. The number of hydrogen-bond acceptors (Lipinski definition) is 6. The van der Waals surface area contributed by atoms with Crippen LogP contribution < -0.4 is 5.73 Å². The first kappa shape index (κ1) is 20.0. The van der Waals surface area contributed by atoms with Crippen molar-refractivity contribution in [3.05, 3.63) is 65.0 Å². The molecule has 7 nitrogen and oxygen atoms in total. The van der Waals surface area contributed by atoms with Crippen molar-refractivity contribution in [3.8, 4) is 35.8 Å².